The molecule has 0 unspecified atom stereocenters. The van der Waals surface area contributed by atoms with Crippen LogP contribution in [0.4, 0.5) is 0 Å². The van der Waals surface area contributed by atoms with Gasteiger partial charge in [0.05, 0.1) is 6.26 Å². The molecular formula is C7H10OS. The van der Waals surface area contributed by atoms with Crippen LogP contribution in [0.25, 0.3) is 0 Å². The Balaban J connectivity index is 2.30. The summed E-state index contributed by atoms with van der Waals surface area (Å²) in [4.78, 5) is 0. The SMILES string of the molecule is CSCCc1ccco1. The Morgan fingerprint density at radius 1 is 1.67 bits per heavy atom. The average Bonchev–Trinajstić information content (AvgIpc) is 2.34. The van der Waals surface area contributed by atoms with Gasteiger partial charge in [-0.3, -0.25) is 0 Å². The normalized spacial score (nSPS) is 9.89. The molecule has 0 saturated carbocycles. The molecule has 0 aliphatic heterocycles. The van der Waals surface area contributed by atoms with Gasteiger partial charge in [0, 0.05) is 12.2 Å². The van der Waals surface area contributed by atoms with Crippen LogP contribution in [0.15, 0.2) is 22.8 Å². The highest BCUT2D eigenvalue weighted by atomic mass is 32.2. The largest absolute Gasteiger partial charge is 0.469 e. The van der Waals surface area contributed by atoms with E-state index >= 15 is 0 Å². The van der Waals surface area contributed by atoms with E-state index in [4.69, 9.17) is 4.42 Å². The van der Waals surface area contributed by atoms with E-state index in [0.717, 1.165) is 17.9 Å². The Bertz CT molecular complexity index is 146. The van der Waals surface area contributed by atoms with E-state index < -0.39 is 0 Å². The molecule has 0 spiro atoms. The van der Waals surface area contributed by atoms with Gasteiger partial charge in [0.1, 0.15) is 5.76 Å². The fraction of sp³-hybridized carbons (Fsp3) is 0.429. The van der Waals surface area contributed by atoms with Crippen molar-refractivity contribution in [2.75, 3.05) is 12.0 Å². The van der Waals surface area contributed by atoms with Gasteiger partial charge in [-0.05, 0) is 18.4 Å². The lowest BCUT2D eigenvalue weighted by Gasteiger charge is -1.90. The Labute approximate surface area is 59.4 Å². The minimum Gasteiger partial charge on any atom is -0.469 e. The van der Waals surface area contributed by atoms with Crippen molar-refractivity contribution >= 4 is 11.8 Å². The van der Waals surface area contributed by atoms with Crippen LogP contribution in [-0.2, 0) is 6.42 Å². The first kappa shape index (κ1) is 6.75. The molecule has 1 rings (SSSR count). The average molecular weight is 142 g/mol. The highest BCUT2D eigenvalue weighted by Crippen LogP contribution is 2.03. The molecule has 1 heterocycles. The standard InChI is InChI=1S/C7H10OS/c1-9-6-4-7-3-2-5-8-7/h2-3,5H,4,6H2,1H3. The van der Waals surface area contributed by atoms with Crippen molar-refractivity contribution in [3.63, 3.8) is 0 Å². The van der Waals surface area contributed by atoms with Gasteiger partial charge >= 0.3 is 0 Å². The fourth-order valence-electron chi connectivity index (χ4n) is 0.657. The van der Waals surface area contributed by atoms with Crippen molar-refractivity contribution in [1.29, 1.82) is 0 Å². The second-order valence-electron chi connectivity index (χ2n) is 1.82. The third kappa shape index (κ3) is 2.14. The molecule has 0 radical (unpaired) electrons. The van der Waals surface area contributed by atoms with Gasteiger partial charge in [-0.2, -0.15) is 11.8 Å². The van der Waals surface area contributed by atoms with E-state index in [-0.39, 0.29) is 0 Å². The number of hydrogen-bond donors (Lipinski definition) is 0. The summed E-state index contributed by atoms with van der Waals surface area (Å²) in [5.41, 5.74) is 0. The first-order valence-corrected chi connectivity index (χ1v) is 4.34. The van der Waals surface area contributed by atoms with Crippen LogP contribution in [0.5, 0.6) is 0 Å². The summed E-state index contributed by atoms with van der Waals surface area (Å²) in [5.74, 6) is 2.23. The van der Waals surface area contributed by atoms with Crippen LogP contribution >= 0.6 is 11.8 Å². The van der Waals surface area contributed by atoms with Crippen molar-refractivity contribution in [2.45, 2.75) is 6.42 Å². The highest BCUT2D eigenvalue weighted by Gasteiger charge is 1.91. The van der Waals surface area contributed by atoms with E-state index in [1.165, 1.54) is 0 Å². The second kappa shape index (κ2) is 3.62. The van der Waals surface area contributed by atoms with Gasteiger partial charge in [0.25, 0.3) is 0 Å². The summed E-state index contributed by atoms with van der Waals surface area (Å²) in [5, 5.41) is 0. The molecule has 2 heteroatoms. The van der Waals surface area contributed by atoms with Crippen LogP contribution in [-0.4, -0.2) is 12.0 Å². The second-order valence-corrected chi connectivity index (χ2v) is 2.81. The maximum Gasteiger partial charge on any atom is 0.104 e. The molecule has 0 atom stereocenters. The number of thioether (sulfide) groups is 1. The van der Waals surface area contributed by atoms with Crippen LogP contribution in [0.1, 0.15) is 5.76 Å². The monoisotopic (exact) mass is 142 g/mol. The van der Waals surface area contributed by atoms with Crippen LogP contribution in [0.3, 0.4) is 0 Å². The van der Waals surface area contributed by atoms with Crippen molar-refractivity contribution in [3.05, 3.63) is 24.2 Å². The summed E-state index contributed by atoms with van der Waals surface area (Å²) in [6, 6.07) is 3.94. The Morgan fingerprint density at radius 2 is 2.56 bits per heavy atom. The molecule has 0 N–H and O–H groups in total. The molecule has 1 aromatic rings. The quantitative estimate of drug-likeness (QED) is 0.641. The van der Waals surface area contributed by atoms with E-state index in [2.05, 4.69) is 6.26 Å². The van der Waals surface area contributed by atoms with Crippen molar-refractivity contribution in [1.82, 2.24) is 0 Å². The maximum absolute atomic E-state index is 5.12. The van der Waals surface area contributed by atoms with Gasteiger partial charge in [-0.1, -0.05) is 0 Å². The Morgan fingerprint density at radius 3 is 3.11 bits per heavy atom. The molecule has 9 heavy (non-hydrogen) atoms. The molecule has 0 fully saturated rings. The first-order valence-electron chi connectivity index (χ1n) is 2.95. The van der Waals surface area contributed by atoms with Crippen molar-refractivity contribution < 1.29 is 4.42 Å². The van der Waals surface area contributed by atoms with Gasteiger partial charge in [-0.15, -0.1) is 0 Å². The molecule has 0 bridgehead atoms. The summed E-state index contributed by atoms with van der Waals surface area (Å²) < 4.78 is 5.12. The van der Waals surface area contributed by atoms with Crippen molar-refractivity contribution in [3.8, 4) is 0 Å². The molecule has 1 nitrogen and oxygen atoms in total. The number of furan rings is 1. The fourth-order valence-corrected chi connectivity index (χ4v) is 1.06. The summed E-state index contributed by atoms with van der Waals surface area (Å²) in [6.45, 7) is 0. The Hall–Kier alpha value is -0.370. The van der Waals surface area contributed by atoms with E-state index in [1.807, 2.05) is 23.9 Å². The molecule has 0 aromatic carbocycles. The number of aryl methyl sites for hydroxylation is 1. The van der Waals surface area contributed by atoms with Gasteiger partial charge in [0.15, 0.2) is 0 Å². The maximum atomic E-state index is 5.12. The molecule has 50 valence electrons. The zero-order valence-electron chi connectivity index (χ0n) is 5.46. The van der Waals surface area contributed by atoms with Crippen molar-refractivity contribution in [2.24, 2.45) is 0 Å². The molecule has 0 aliphatic rings. The molecular weight excluding hydrogens is 132 g/mol. The van der Waals surface area contributed by atoms with Gasteiger partial charge in [0.2, 0.25) is 0 Å². The molecule has 0 saturated heterocycles. The minimum absolute atomic E-state index is 1.05. The topological polar surface area (TPSA) is 13.1 Å². The predicted molar refractivity (Wildman–Crippen MR) is 40.8 cm³/mol. The molecule has 0 amide bonds. The number of hydrogen-bond acceptors (Lipinski definition) is 2. The lowest BCUT2D eigenvalue weighted by Crippen LogP contribution is -1.82. The lowest BCUT2D eigenvalue weighted by atomic mass is 10.4. The van der Waals surface area contributed by atoms with E-state index in [0.29, 0.717) is 0 Å². The smallest absolute Gasteiger partial charge is 0.104 e. The van der Waals surface area contributed by atoms with Gasteiger partial charge in [-0.25, -0.2) is 0 Å². The van der Waals surface area contributed by atoms with E-state index in [9.17, 15) is 0 Å². The van der Waals surface area contributed by atoms with Crippen LogP contribution in [0, 0.1) is 0 Å². The summed E-state index contributed by atoms with van der Waals surface area (Å²) in [6.07, 6.45) is 4.87. The summed E-state index contributed by atoms with van der Waals surface area (Å²) in [7, 11) is 0. The third-order valence-corrected chi connectivity index (χ3v) is 1.75. The minimum atomic E-state index is 1.05. The lowest BCUT2D eigenvalue weighted by molar-refractivity contribution is 0.517. The van der Waals surface area contributed by atoms with E-state index in [1.54, 1.807) is 6.26 Å². The van der Waals surface area contributed by atoms with Crippen LogP contribution < -0.4 is 0 Å². The summed E-state index contributed by atoms with van der Waals surface area (Å²) >= 11 is 1.84. The molecule has 0 aliphatic carbocycles. The highest BCUT2D eigenvalue weighted by molar-refractivity contribution is 7.98. The van der Waals surface area contributed by atoms with Gasteiger partial charge < -0.3 is 4.42 Å². The zero-order chi connectivity index (χ0) is 6.53. The predicted octanol–water partition coefficient (Wildman–Crippen LogP) is 2.19. The zero-order valence-corrected chi connectivity index (χ0v) is 6.28. The molecule has 1 aromatic heterocycles. The Kier molecular flexibility index (Phi) is 2.71. The van der Waals surface area contributed by atoms with Crippen LogP contribution in [0.2, 0.25) is 0 Å². The number of rotatable bonds is 3. The first-order chi connectivity index (χ1) is 4.43. The third-order valence-electron chi connectivity index (χ3n) is 1.13.